The minimum absolute atomic E-state index is 0.0443. The van der Waals surface area contributed by atoms with Gasteiger partial charge in [-0.2, -0.15) is 0 Å². The predicted octanol–water partition coefficient (Wildman–Crippen LogP) is 2.68. The lowest BCUT2D eigenvalue weighted by Crippen LogP contribution is -2.50. The van der Waals surface area contributed by atoms with Crippen LogP contribution in [0.5, 0.6) is 0 Å². The van der Waals surface area contributed by atoms with Gasteiger partial charge >= 0.3 is 6.03 Å². The monoisotopic (exact) mass is 406 g/mol. The third kappa shape index (κ3) is 3.77. The van der Waals surface area contributed by atoms with Gasteiger partial charge in [0.1, 0.15) is 0 Å². The van der Waals surface area contributed by atoms with Crippen molar-refractivity contribution >= 4 is 17.6 Å². The van der Waals surface area contributed by atoms with Gasteiger partial charge in [-0.3, -0.25) is 9.78 Å². The summed E-state index contributed by atoms with van der Waals surface area (Å²) in [7, 11) is 0. The molecule has 3 saturated heterocycles. The molecule has 1 N–H and O–H groups in total. The average Bonchev–Trinajstić information content (AvgIpc) is 3.23. The largest absolute Gasteiger partial charge is 0.381 e. The summed E-state index contributed by atoms with van der Waals surface area (Å²) in [5.41, 5.74) is 3.18. The Labute approximate surface area is 176 Å². The molecule has 3 aliphatic rings. The highest BCUT2D eigenvalue weighted by molar-refractivity contribution is 5.90. The number of amides is 3. The molecule has 0 spiro atoms. The Bertz CT molecular complexity index is 900. The van der Waals surface area contributed by atoms with Crippen LogP contribution in [0.2, 0.25) is 0 Å². The molecular weight excluding hydrogens is 380 g/mol. The van der Waals surface area contributed by atoms with Gasteiger partial charge in [0.05, 0.1) is 12.5 Å². The van der Waals surface area contributed by atoms with Gasteiger partial charge in [0.25, 0.3) is 0 Å². The Morgan fingerprint density at radius 3 is 2.37 bits per heavy atom. The summed E-state index contributed by atoms with van der Waals surface area (Å²) in [6.45, 7) is 4.23. The summed E-state index contributed by atoms with van der Waals surface area (Å²) in [5.74, 6) is 1.01. The van der Waals surface area contributed by atoms with E-state index in [0.29, 0.717) is 38.1 Å². The van der Waals surface area contributed by atoms with Crippen molar-refractivity contribution in [2.75, 3.05) is 44.7 Å². The van der Waals surface area contributed by atoms with E-state index in [-0.39, 0.29) is 17.9 Å². The molecule has 156 valence electrons. The second kappa shape index (κ2) is 8.07. The van der Waals surface area contributed by atoms with Crippen LogP contribution >= 0.6 is 0 Å². The Morgan fingerprint density at radius 1 is 0.967 bits per heavy atom. The summed E-state index contributed by atoms with van der Waals surface area (Å²) < 4.78 is 5.32. The van der Waals surface area contributed by atoms with E-state index in [2.05, 4.69) is 28.5 Å². The lowest BCUT2D eigenvalue weighted by Gasteiger charge is -2.41. The van der Waals surface area contributed by atoms with E-state index in [9.17, 15) is 9.59 Å². The van der Waals surface area contributed by atoms with Gasteiger partial charge < -0.3 is 19.9 Å². The number of nitrogens with one attached hydrogen (secondary N) is 1. The normalized spacial score (nSPS) is 21.8. The van der Waals surface area contributed by atoms with Crippen molar-refractivity contribution < 1.29 is 14.3 Å². The number of carbonyl (C=O) groups excluding carboxylic acids is 2. The van der Waals surface area contributed by atoms with Crippen LogP contribution < -0.4 is 5.32 Å². The van der Waals surface area contributed by atoms with Gasteiger partial charge in [-0.1, -0.05) is 18.2 Å². The fourth-order valence-electron chi connectivity index (χ4n) is 4.37. The molecule has 3 fully saturated rings. The standard InChI is InChI=1S/C23H26N4O3/c28-22(18-7-9-30-15-18)26-11-19(12-26)16-3-5-21(6-4-16)25-23(29)27-13-20(14-27)17-2-1-8-24-10-17/h1-6,8,10,18-20H,7,9,11-15H2,(H,25,29). The highest BCUT2D eigenvalue weighted by Gasteiger charge is 2.36. The highest BCUT2D eigenvalue weighted by Crippen LogP contribution is 2.31. The number of hydrogen-bond acceptors (Lipinski definition) is 4. The maximum absolute atomic E-state index is 12.4. The molecule has 0 saturated carbocycles. The maximum atomic E-state index is 12.4. The van der Waals surface area contributed by atoms with Crippen LogP contribution in [0.4, 0.5) is 10.5 Å². The SMILES string of the molecule is O=C(Nc1ccc(C2CN(C(=O)C3CCOC3)C2)cc1)N1CC(c2cccnc2)C1. The number of hydrogen-bond donors (Lipinski definition) is 1. The Morgan fingerprint density at radius 2 is 1.70 bits per heavy atom. The zero-order valence-electron chi connectivity index (χ0n) is 16.9. The van der Waals surface area contributed by atoms with Crippen molar-refractivity contribution in [1.29, 1.82) is 0 Å². The molecule has 1 aromatic heterocycles. The third-order valence-corrected chi connectivity index (χ3v) is 6.43. The van der Waals surface area contributed by atoms with E-state index in [1.165, 1.54) is 11.1 Å². The summed E-state index contributed by atoms with van der Waals surface area (Å²) in [4.78, 5) is 32.7. The molecule has 1 aromatic carbocycles. The molecule has 1 unspecified atom stereocenters. The summed E-state index contributed by atoms with van der Waals surface area (Å²) >= 11 is 0. The zero-order valence-corrected chi connectivity index (χ0v) is 16.9. The second-order valence-electron chi connectivity index (χ2n) is 8.44. The Hall–Kier alpha value is -2.93. The van der Waals surface area contributed by atoms with Crippen molar-refractivity contribution in [3.05, 3.63) is 59.9 Å². The van der Waals surface area contributed by atoms with Gasteiger partial charge in [0.2, 0.25) is 5.91 Å². The third-order valence-electron chi connectivity index (χ3n) is 6.43. The van der Waals surface area contributed by atoms with Crippen LogP contribution in [-0.2, 0) is 9.53 Å². The number of anilines is 1. The molecule has 0 radical (unpaired) electrons. The topological polar surface area (TPSA) is 74.8 Å². The van der Waals surface area contributed by atoms with E-state index in [1.807, 2.05) is 34.2 Å². The molecule has 30 heavy (non-hydrogen) atoms. The Balaban J connectivity index is 1.09. The van der Waals surface area contributed by atoms with Crippen LogP contribution in [0, 0.1) is 5.92 Å². The zero-order chi connectivity index (χ0) is 20.5. The molecule has 7 heteroatoms. The van der Waals surface area contributed by atoms with Crippen LogP contribution in [0.1, 0.15) is 29.4 Å². The first-order valence-corrected chi connectivity index (χ1v) is 10.6. The molecule has 5 rings (SSSR count). The van der Waals surface area contributed by atoms with E-state index in [4.69, 9.17) is 4.74 Å². The first-order valence-electron chi connectivity index (χ1n) is 10.6. The van der Waals surface area contributed by atoms with E-state index >= 15 is 0 Å². The molecule has 4 heterocycles. The smallest absolute Gasteiger partial charge is 0.321 e. The fraction of sp³-hybridized carbons (Fsp3) is 0.435. The minimum Gasteiger partial charge on any atom is -0.381 e. The van der Waals surface area contributed by atoms with Gasteiger partial charge in [-0.15, -0.1) is 0 Å². The van der Waals surface area contributed by atoms with Crippen LogP contribution in [-0.4, -0.2) is 66.1 Å². The van der Waals surface area contributed by atoms with Crippen LogP contribution in [0.3, 0.4) is 0 Å². The van der Waals surface area contributed by atoms with Gasteiger partial charge in [-0.25, -0.2) is 4.79 Å². The fourth-order valence-corrected chi connectivity index (χ4v) is 4.37. The number of urea groups is 1. The van der Waals surface area contributed by atoms with Crippen molar-refractivity contribution in [1.82, 2.24) is 14.8 Å². The lowest BCUT2D eigenvalue weighted by atomic mass is 9.90. The van der Waals surface area contributed by atoms with E-state index in [0.717, 1.165) is 25.2 Å². The number of rotatable bonds is 4. The van der Waals surface area contributed by atoms with Crippen molar-refractivity contribution in [3.8, 4) is 0 Å². The first kappa shape index (κ1) is 19.1. The van der Waals surface area contributed by atoms with Gasteiger partial charge in [-0.05, 0) is 35.7 Å². The summed E-state index contributed by atoms with van der Waals surface area (Å²) in [5, 5.41) is 2.98. The number of aromatic nitrogens is 1. The van der Waals surface area contributed by atoms with Crippen molar-refractivity contribution in [2.24, 2.45) is 5.92 Å². The number of carbonyl (C=O) groups is 2. The molecular formula is C23H26N4O3. The number of ether oxygens (including phenoxy) is 1. The first-order chi connectivity index (χ1) is 14.7. The molecule has 3 amide bonds. The predicted molar refractivity (Wildman–Crippen MR) is 112 cm³/mol. The minimum atomic E-state index is -0.0675. The second-order valence-corrected chi connectivity index (χ2v) is 8.44. The van der Waals surface area contributed by atoms with Crippen LogP contribution in [0.25, 0.3) is 0 Å². The average molecular weight is 406 g/mol. The Kier molecular flexibility index (Phi) is 5.12. The van der Waals surface area contributed by atoms with E-state index < -0.39 is 0 Å². The number of pyridine rings is 1. The molecule has 0 bridgehead atoms. The molecule has 0 aliphatic carbocycles. The summed E-state index contributed by atoms with van der Waals surface area (Å²) in [6, 6.07) is 11.9. The number of likely N-dealkylation sites (tertiary alicyclic amines) is 2. The molecule has 7 nitrogen and oxygen atoms in total. The quantitative estimate of drug-likeness (QED) is 0.847. The lowest BCUT2D eigenvalue weighted by molar-refractivity contribution is -0.140. The van der Waals surface area contributed by atoms with Gasteiger partial charge in [0, 0.05) is 62.7 Å². The molecule has 2 aromatic rings. The van der Waals surface area contributed by atoms with Crippen LogP contribution in [0.15, 0.2) is 48.8 Å². The molecule has 1 atom stereocenters. The number of benzene rings is 1. The highest BCUT2D eigenvalue weighted by atomic mass is 16.5. The van der Waals surface area contributed by atoms with Crippen molar-refractivity contribution in [3.63, 3.8) is 0 Å². The number of nitrogens with zero attached hydrogens (tertiary/aromatic N) is 3. The van der Waals surface area contributed by atoms with E-state index in [1.54, 1.807) is 6.20 Å². The molecule has 3 aliphatic heterocycles. The van der Waals surface area contributed by atoms with Crippen molar-refractivity contribution in [2.45, 2.75) is 18.3 Å². The van der Waals surface area contributed by atoms with Gasteiger partial charge in [0.15, 0.2) is 0 Å². The summed E-state index contributed by atoms with van der Waals surface area (Å²) in [6.07, 6.45) is 4.48. The maximum Gasteiger partial charge on any atom is 0.321 e.